The van der Waals surface area contributed by atoms with Gasteiger partial charge in [-0.05, 0) is 43.0 Å². The molecule has 3 rings (SSSR count). The first kappa shape index (κ1) is 14.4. The summed E-state index contributed by atoms with van der Waals surface area (Å²) in [6, 6.07) is 8.00. The molecule has 114 valence electrons. The lowest BCUT2D eigenvalue weighted by Gasteiger charge is -2.28. The Morgan fingerprint density at radius 2 is 1.95 bits per heavy atom. The van der Waals surface area contributed by atoms with Gasteiger partial charge in [0.05, 0.1) is 13.2 Å². The second-order valence-corrected chi connectivity index (χ2v) is 5.90. The summed E-state index contributed by atoms with van der Waals surface area (Å²) < 4.78 is 5.35. The van der Waals surface area contributed by atoms with E-state index in [0.717, 1.165) is 32.0 Å². The third-order valence-electron chi connectivity index (χ3n) is 4.18. The van der Waals surface area contributed by atoms with Crippen LogP contribution in [0.5, 0.6) is 0 Å². The van der Waals surface area contributed by atoms with Crippen molar-refractivity contribution >= 4 is 17.3 Å². The topological polar surface area (TPSA) is 67.6 Å². The third kappa shape index (κ3) is 3.95. The highest BCUT2D eigenvalue weighted by Crippen LogP contribution is 2.32. The van der Waals surface area contributed by atoms with Crippen LogP contribution in [0.3, 0.4) is 0 Å². The first-order chi connectivity index (χ1) is 10.2. The molecule has 5 heteroatoms. The Bertz CT molecular complexity index is 479. The van der Waals surface area contributed by atoms with E-state index in [1.807, 2.05) is 24.3 Å². The standard InChI is InChI=1S/C16H23N3O2/c17-15(12-1-2-12)11-16(20)18-13-3-5-14(6-4-13)19-7-9-21-10-8-19/h3-6,12,15H,1-2,7-11,17H2,(H,18,20). The summed E-state index contributed by atoms with van der Waals surface area (Å²) in [5.41, 5.74) is 7.98. The van der Waals surface area contributed by atoms with Crippen molar-refractivity contribution in [1.29, 1.82) is 0 Å². The fraction of sp³-hybridized carbons (Fsp3) is 0.562. The normalized spacial score (nSPS) is 20.1. The molecule has 1 saturated carbocycles. The van der Waals surface area contributed by atoms with Crippen LogP contribution >= 0.6 is 0 Å². The Balaban J connectivity index is 1.52. The van der Waals surface area contributed by atoms with E-state index in [-0.39, 0.29) is 11.9 Å². The number of carbonyl (C=O) groups is 1. The molecule has 1 saturated heterocycles. The van der Waals surface area contributed by atoms with Gasteiger partial charge in [-0.25, -0.2) is 0 Å². The smallest absolute Gasteiger partial charge is 0.225 e. The summed E-state index contributed by atoms with van der Waals surface area (Å²) in [7, 11) is 0. The molecule has 1 aliphatic carbocycles. The number of hydrogen-bond acceptors (Lipinski definition) is 4. The van der Waals surface area contributed by atoms with Crippen LogP contribution in [0, 0.1) is 5.92 Å². The molecule has 0 bridgehead atoms. The highest BCUT2D eigenvalue weighted by molar-refractivity contribution is 5.91. The van der Waals surface area contributed by atoms with Gasteiger partial charge in [-0.15, -0.1) is 0 Å². The van der Waals surface area contributed by atoms with Crippen LogP contribution in [-0.2, 0) is 9.53 Å². The maximum absolute atomic E-state index is 11.9. The van der Waals surface area contributed by atoms with Gasteiger partial charge >= 0.3 is 0 Å². The van der Waals surface area contributed by atoms with Crippen molar-refractivity contribution in [3.63, 3.8) is 0 Å². The zero-order chi connectivity index (χ0) is 14.7. The van der Waals surface area contributed by atoms with Gasteiger partial charge in [0, 0.05) is 36.9 Å². The molecular formula is C16H23N3O2. The molecule has 2 fully saturated rings. The molecule has 1 unspecified atom stereocenters. The van der Waals surface area contributed by atoms with Crippen molar-refractivity contribution in [2.24, 2.45) is 11.7 Å². The maximum Gasteiger partial charge on any atom is 0.225 e. The molecule has 1 amide bonds. The van der Waals surface area contributed by atoms with Crippen LogP contribution in [0.25, 0.3) is 0 Å². The number of nitrogens with one attached hydrogen (secondary N) is 1. The molecule has 1 atom stereocenters. The van der Waals surface area contributed by atoms with Crippen molar-refractivity contribution in [2.75, 3.05) is 36.5 Å². The van der Waals surface area contributed by atoms with Gasteiger partial charge in [-0.1, -0.05) is 0 Å². The average molecular weight is 289 g/mol. The zero-order valence-corrected chi connectivity index (χ0v) is 12.3. The van der Waals surface area contributed by atoms with Gasteiger partial charge in [-0.3, -0.25) is 4.79 Å². The molecule has 0 aromatic heterocycles. The lowest BCUT2D eigenvalue weighted by atomic mass is 10.1. The summed E-state index contributed by atoms with van der Waals surface area (Å²) in [4.78, 5) is 14.2. The van der Waals surface area contributed by atoms with Crippen LogP contribution in [0.15, 0.2) is 24.3 Å². The number of rotatable bonds is 5. The number of morpholine rings is 1. The average Bonchev–Trinajstić information content (AvgIpc) is 3.33. The van der Waals surface area contributed by atoms with Gasteiger partial charge in [0.1, 0.15) is 0 Å². The SMILES string of the molecule is NC(CC(=O)Nc1ccc(N2CCOCC2)cc1)C1CC1. The molecule has 0 radical (unpaired) electrons. The number of benzene rings is 1. The Kier molecular flexibility index (Phi) is 4.41. The van der Waals surface area contributed by atoms with Gasteiger partial charge in [0.25, 0.3) is 0 Å². The quantitative estimate of drug-likeness (QED) is 0.864. The first-order valence-electron chi connectivity index (χ1n) is 7.70. The van der Waals surface area contributed by atoms with Crippen molar-refractivity contribution in [3.8, 4) is 0 Å². The Morgan fingerprint density at radius 3 is 2.57 bits per heavy atom. The Labute approximate surface area is 125 Å². The molecule has 1 aromatic carbocycles. The van der Waals surface area contributed by atoms with Crippen molar-refractivity contribution in [2.45, 2.75) is 25.3 Å². The van der Waals surface area contributed by atoms with E-state index in [2.05, 4.69) is 10.2 Å². The van der Waals surface area contributed by atoms with E-state index in [9.17, 15) is 4.79 Å². The van der Waals surface area contributed by atoms with Crippen LogP contribution < -0.4 is 16.0 Å². The molecule has 1 aromatic rings. The first-order valence-corrected chi connectivity index (χ1v) is 7.70. The summed E-state index contributed by atoms with van der Waals surface area (Å²) in [6.07, 6.45) is 2.75. The highest BCUT2D eigenvalue weighted by atomic mass is 16.5. The minimum Gasteiger partial charge on any atom is -0.378 e. The number of amides is 1. The Morgan fingerprint density at radius 1 is 1.29 bits per heavy atom. The number of ether oxygens (including phenoxy) is 1. The molecule has 5 nitrogen and oxygen atoms in total. The predicted molar refractivity (Wildman–Crippen MR) is 83.4 cm³/mol. The second-order valence-electron chi connectivity index (χ2n) is 5.90. The third-order valence-corrected chi connectivity index (χ3v) is 4.18. The van der Waals surface area contributed by atoms with E-state index in [4.69, 9.17) is 10.5 Å². The van der Waals surface area contributed by atoms with Gasteiger partial charge in [0.15, 0.2) is 0 Å². The number of hydrogen-bond donors (Lipinski definition) is 2. The molecule has 0 spiro atoms. The van der Waals surface area contributed by atoms with E-state index in [0.29, 0.717) is 12.3 Å². The van der Waals surface area contributed by atoms with Gasteiger partial charge in [-0.2, -0.15) is 0 Å². The molecule has 2 aliphatic rings. The fourth-order valence-electron chi connectivity index (χ4n) is 2.69. The van der Waals surface area contributed by atoms with E-state index >= 15 is 0 Å². The summed E-state index contributed by atoms with van der Waals surface area (Å²) in [6.45, 7) is 3.39. The van der Waals surface area contributed by atoms with E-state index in [1.165, 1.54) is 18.5 Å². The predicted octanol–water partition coefficient (Wildman–Crippen LogP) is 1.59. The zero-order valence-electron chi connectivity index (χ0n) is 12.3. The summed E-state index contributed by atoms with van der Waals surface area (Å²) >= 11 is 0. The Hall–Kier alpha value is -1.59. The minimum atomic E-state index is 0.00789. The highest BCUT2D eigenvalue weighted by Gasteiger charge is 2.29. The summed E-state index contributed by atoms with van der Waals surface area (Å²) in [5.74, 6) is 0.563. The van der Waals surface area contributed by atoms with Crippen molar-refractivity contribution < 1.29 is 9.53 Å². The van der Waals surface area contributed by atoms with E-state index < -0.39 is 0 Å². The van der Waals surface area contributed by atoms with Gasteiger partial charge < -0.3 is 20.7 Å². The largest absolute Gasteiger partial charge is 0.378 e. The molecule has 1 heterocycles. The van der Waals surface area contributed by atoms with Crippen LogP contribution in [0.1, 0.15) is 19.3 Å². The molecule has 1 aliphatic heterocycles. The minimum absolute atomic E-state index is 0.00789. The van der Waals surface area contributed by atoms with Crippen molar-refractivity contribution in [3.05, 3.63) is 24.3 Å². The molecular weight excluding hydrogens is 266 g/mol. The second kappa shape index (κ2) is 6.45. The fourth-order valence-corrected chi connectivity index (χ4v) is 2.69. The molecule has 21 heavy (non-hydrogen) atoms. The van der Waals surface area contributed by atoms with Crippen molar-refractivity contribution in [1.82, 2.24) is 0 Å². The van der Waals surface area contributed by atoms with Crippen LogP contribution in [0.4, 0.5) is 11.4 Å². The van der Waals surface area contributed by atoms with Crippen LogP contribution in [-0.4, -0.2) is 38.3 Å². The van der Waals surface area contributed by atoms with Gasteiger partial charge in [0.2, 0.25) is 5.91 Å². The number of anilines is 2. The lowest BCUT2D eigenvalue weighted by Crippen LogP contribution is -2.36. The maximum atomic E-state index is 11.9. The summed E-state index contributed by atoms with van der Waals surface area (Å²) in [5, 5.41) is 2.92. The van der Waals surface area contributed by atoms with E-state index in [1.54, 1.807) is 0 Å². The van der Waals surface area contributed by atoms with Crippen LogP contribution in [0.2, 0.25) is 0 Å². The monoisotopic (exact) mass is 289 g/mol. The number of nitrogens with two attached hydrogens (primary N) is 1. The number of carbonyl (C=O) groups excluding carboxylic acids is 1. The number of nitrogens with zero attached hydrogens (tertiary/aromatic N) is 1. The molecule has 3 N–H and O–H groups in total. The lowest BCUT2D eigenvalue weighted by molar-refractivity contribution is -0.116.